The molecule has 1 unspecified atom stereocenters. The third-order valence-electron chi connectivity index (χ3n) is 3.91. The summed E-state index contributed by atoms with van der Waals surface area (Å²) < 4.78 is 0. The monoisotopic (exact) mass is 214 g/mol. The highest BCUT2D eigenvalue weighted by Gasteiger charge is 2.26. The summed E-state index contributed by atoms with van der Waals surface area (Å²) in [6.07, 6.45) is 8.17. The summed E-state index contributed by atoms with van der Waals surface area (Å²) in [7, 11) is 0. The SMILES string of the molecule is CC1=CC=C(C(C)C)C(C)C2=C(C)CC=C12. The fourth-order valence-corrected chi connectivity index (χ4v) is 3.00. The van der Waals surface area contributed by atoms with Gasteiger partial charge < -0.3 is 0 Å². The zero-order valence-electron chi connectivity index (χ0n) is 11.1. The minimum Gasteiger partial charge on any atom is -0.0726 e. The summed E-state index contributed by atoms with van der Waals surface area (Å²) in [5, 5.41) is 0. The topological polar surface area (TPSA) is 0 Å². The predicted molar refractivity (Wildman–Crippen MR) is 71.2 cm³/mol. The number of fused-ring (bicyclic) bond motifs is 1. The van der Waals surface area contributed by atoms with Gasteiger partial charge in [0.15, 0.2) is 0 Å². The van der Waals surface area contributed by atoms with Crippen LogP contribution in [0.15, 0.2) is 46.1 Å². The molecule has 0 radical (unpaired) electrons. The molecule has 2 aliphatic rings. The normalized spacial score (nSPS) is 25.1. The van der Waals surface area contributed by atoms with Gasteiger partial charge in [-0.1, -0.05) is 50.1 Å². The Balaban J connectivity index is 2.52. The molecule has 0 aromatic rings. The lowest BCUT2D eigenvalue weighted by Gasteiger charge is -2.22. The highest BCUT2D eigenvalue weighted by molar-refractivity contribution is 5.58. The lowest BCUT2D eigenvalue weighted by Crippen LogP contribution is -2.09. The molecule has 0 spiro atoms. The first kappa shape index (κ1) is 11.4. The van der Waals surface area contributed by atoms with Crippen molar-refractivity contribution in [2.45, 2.75) is 41.0 Å². The second kappa shape index (κ2) is 4.08. The smallest absolute Gasteiger partial charge is 0.00309 e. The van der Waals surface area contributed by atoms with E-state index < -0.39 is 0 Å². The van der Waals surface area contributed by atoms with Crippen LogP contribution >= 0.6 is 0 Å². The standard InChI is InChI=1S/C16H22/c1-10(2)14-8-6-11(3)15-9-7-12(4)16(15)13(14)5/h6,8-10,13H,7H2,1-5H3. The lowest BCUT2D eigenvalue weighted by molar-refractivity contribution is 0.648. The zero-order valence-corrected chi connectivity index (χ0v) is 11.1. The van der Waals surface area contributed by atoms with Crippen molar-refractivity contribution in [1.29, 1.82) is 0 Å². The van der Waals surface area contributed by atoms with E-state index in [0.29, 0.717) is 11.8 Å². The Hall–Kier alpha value is -1.04. The van der Waals surface area contributed by atoms with Crippen LogP contribution < -0.4 is 0 Å². The molecule has 16 heavy (non-hydrogen) atoms. The van der Waals surface area contributed by atoms with Crippen LogP contribution in [0.3, 0.4) is 0 Å². The van der Waals surface area contributed by atoms with Crippen molar-refractivity contribution >= 4 is 0 Å². The van der Waals surface area contributed by atoms with E-state index in [2.05, 4.69) is 52.8 Å². The van der Waals surface area contributed by atoms with Gasteiger partial charge in [0.1, 0.15) is 0 Å². The summed E-state index contributed by atoms with van der Waals surface area (Å²) in [6, 6.07) is 0. The summed E-state index contributed by atoms with van der Waals surface area (Å²) in [5.41, 5.74) is 7.64. The maximum absolute atomic E-state index is 2.39. The van der Waals surface area contributed by atoms with Crippen LogP contribution in [0.1, 0.15) is 41.0 Å². The molecule has 0 heterocycles. The minimum atomic E-state index is 0.586. The molecule has 0 aromatic heterocycles. The van der Waals surface area contributed by atoms with E-state index in [-0.39, 0.29) is 0 Å². The maximum atomic E-state index is 2.39. The molecule has 0 bridgehead atoms. The van der Waals surface area contributed by atoms with Crippen molar-refractivity contribution in [2.24, 2.45) is 11.8 Å². The van der Waals surface area contributed by atoms with E-state index >= 15 is 0 Å². The first-order valence-electron chi connectivity index (χ1n) is 6.31. The Morgan fingerprint density at radius 2 is 1.88 bits per heavy atom. The van der Waals surface area contributed by atoms with Crippen LogP contribution in [0.4, 0.5) is 0 Å². The van der Waals surface area contributed by atoms with Gasteiger partial charge in [0.05, 0.1) is 0 Å². The van der Waals surface area contributed by atoms with Gasteiger partial charge in [-0.25, -0.2) is 0 Å². The zero-order chi connectivity index (χ0) is 11.9. The van der Waals surface area contributed by atoms with E-state index in [9.17, 15) is 0 Å². The maximum Gasteiger partial charge on any atom is 0.00309 e. The minimum absolute atomic E-state index is 0.586. The van der Waals surface area contributed by atoms with Crippen LogP contribution in [0.5, 0.6) is 0 Å². The second-order valence-electron chi connectivity index (χ2n) is 5.41. The number of hydrogen-bond donors (Lipinski definition) is 0. The van der Waals surface area contributed by atoms with Crippen LogP contribution in [-0.4, -0.2) is 0 Å². The molecule has 0 amide bonds. The second-order valence-corrected chi connectivity index (χ2v) is 5.41. The summed E-state index contributed by atoms with van der Waals surface area (Å²) in [4.78, 5) is 0. The summed E-state index contributed by atoms with van der Waals surface area (Å²) in [6.45, 7) is 11.5. The average Bonchev–Trinajstić information content (AvgIpc) is 2.53. The van der Waals surface area contributed by atoms with Crippen LogP contribution in [0.2, 0.25) is 0 Å². The fourth-order valence-electron chi connectivity index (χ4n) is 3.00. The van der Waals surface area contributed by atoms with Gasteiger partial charge in [-0.05, 0) is 42.9 Å². The van der Waals surface area contributed by atoms with Crippen molar-refractivity contribution in [3.8, 4) is 0 Å². The van der Waals surface area contributed by atoms with Crippen LogP contribution in [-0.2, 0) is 0 Å². The van der Waals surface area contributed by atoms with Gasteiger partial charge >= 0.3 is 0 Å². The van der Waals surface area contributed by atoms with Crippen LogP contribution in [0.25, 0.3) is 0 Å². The number of allylic oxidation sites excluding steroid dienone is 8. The average molecular weight is 214 g/mol. The highest BCUT2D eigenvalue weighted by Crippen LogP contribution is 2.42. The molecule has 0 nitrogen and oxygen atoms in total. The van der Waals surface area contributed by atoms with Crippen LogP contribution in [0, 0.1) is 11.8 Å². The molecule has 0 saturated carbocycles. The molecule has 1 atom stereocenters. The van der Waals surface area contributed by atoms with E-state index in [1.165, 1.54) is 11.1 Å². The van der Waals surface area contributed by atoms with Crippen molar-refractivity contribution in [3.05, 3.63) is 46.1 Å². The molecule has 0 saturated heterocycles. The van der Waals surface area contributed by atoms with Gasteiger partial charge in [0.2, 0.25) is 0 Å². The van der Waals surface area contributed by atoms with Gasteiger partial charge in [-0.15, -0.1) is 0 Å². The molecule has 0 aliphatic heterocycles. The van der Waals surface area contributed by atoms with Gasteiger partial charge in [0.25, 0.3) is 0 Å². The first-order chi connectivity index (χ1) is 7.52. The molecular formula is C16H22. The fraction of sp³-hybridized carbons (Fsp3) is 0.500. The quantitative estimate of drug-likeness (QED) is 0.587. The molecule has 86 valence electrons. The van der Waals surface area contributed by atoms with Crippen molar-refractivity contribution in [3.63, 3.8) is 0 Å². The Labute approximate surface area is 99.4 Å². The number of hydrogen-bond acceptors (Lipinski definition) is 0. The largest absolute Gasteiger partial charge is 0.0726 e. The Morgan fingerprint density at radius 1 is 1.19 bits per heavy atom. The van der Waals surface area contributed by atoms with E-state index in [1.807, 2.05) is 0 Å². The van der Waals surface area contributed by atoms with Crippen molar-refractivity contribution in [2.75, 3.05) is 0 Å². The van der Waals surface area contributed by atoms with E-state index in [1.54, 1.807) is 16.7 Å². The lowest BCUT2D eigenvalue weighted by atomic mass is 9.83. The Bertz CT molecular complexity index is 425. The first-order valence-corrected chi connectivity index (χ1v) is 6.31. The van der Waals surface area contributed by atoms with E-state index in [0.717, 1.165) is 6.42 Å². The highest BCUT2D eigenvalue weighted by atomic mass is 14.3. The Kier molecular flexibility index (Phi) is 2.92. The predicted octanol–water partition coefficient (Wildman–Crippen LogP) is 4.81. The van der Waals surface area contributed by atoms with Gasteiger partial charge in [-0.3, -0.25) is 0 Å². The molecule has 0 N–H and O–H groups in total. The summed E-state index contributed by atoms with van der Waals surface area (Å²) >= 11 is 0. The summed E-state index contributed by atoms with van der Waals surface area (Å²) in [5.74, 6) is 1.22. The Morgan fingerprint density at radius 3 is 2.50 bits per heavy atom. The molecule has 0 aromatic carbocycles. The molecular weight excluding hydrogens is 192 g/mol. The molecule has 0 heteroatoms. The molecule has 2 aliphatic carbocycles. The number of rotatable bonds is 1. The third-order valence-corrected chi connectivity index (χ3v) is 3.91. The molecule has 2 rings (SSSR count). The molecule has 0 fully saturated rings. The van der Waals surface area contributed by atoms with E-state index in [4.69, 9.17) is 0 Å². The van der Waals surface area contributed by atoms with Crippen molar-refractivity contribution in [1.82, 2.24) is 0 Å². The van der Waals surface area contributed by atoms with Gasteiger partial charge in [0, 0.05) is 5.92 Å². The van der Waals surface area contributed by atoms with Crippen molar-refractivity contribution < 1.29 is 0 Å². The van der Waals surface area contributed by atoms with Gasteiger partial charge in [-0.2, -0.15) is 0 Å². The third kappa shape index (κ3) is 1.71.